The summed E-state index contributed by atoms with van der Waals surface area (Å²) in [6, 6.07) is 12.2. The number of hydrazine groups is 1. The van der Waals surface area contributed by atoms with Crippen molar-refractivity contribution in [1.82, 2.24) is 24.8 Å². The molecule has 3 fully saturated rings. The lowest BCUT2D eigenvalue weighted by Gasteiger charge is -2.39. The van der Waals surface area contributed by atoms with Crippen LogP contribution in [0.2, 0.25) is 5.02 Å². The van der Waals surface area contributed by atoms with Gasteiger partial charge in [-0.05, 0) is 74.2 Å². The number of likely N-dealkylation sites (tertiary alicyclic amines) is 1. The lowest BCUT2D eigenvalue weighted by Crippen LogP contribution is -2.49. The van der Waals surface area contributed by atoms with Crippen molar-refractivity contribution in [2.45, 2.75) is 25.4 Å². The van der Waals surface area contributed by atoms with Crippen LogP contribution in [0.25, 0.3) is 22.2 Å². The van der Waals surface area contributed by atoms with E-state index in [0.29, 0.717) is 23.5 Å². The number of benzene rings is 2. The summed E-state index contributed by atoms with van der Waals surface area (Å²) in [5.41, 5.74) is 2.68. The molecule has 3 aliphatic heterocycles. The average molecular weight is 770 g/mol. The van der Waals surface area contributed by atoms with Gasteiger partial charge in [-0.1, -0.05) is 23.7 Å². The molecular weight excluding hydrogens is 728 g/mol. The van der Waals surface area contributed by atoms with Crippen molar-refractivity contribution >= 4 is 56.7 Å². The number of carbonyl (C=O) groups excluding carboxylic acids is 2. The van der Waals surface area contributed by atoms with Crippen molar-refractivity contribution < 1.29 is 31.5 Å². The first-order valence-electron chi connectivity index (χ1n) is 17.8. The number of hydrogen-bond donors (Lipinski definition) is 2. The van der Waals surface area contributed by atoms with E-state index < -0.39 is 34.2 Å². The zero-order chi connectivity index (χ0) is 37.2. The van der Waals surface area contributed by atoms with Gasteiger partial charge >= 0.3 is 5.97 Å². The standard InChI is InChI=1S/C37H42ClF2N7O5S/c1-52-33(48)23-43-11-8-24(9-12-43)21-44-14-16-45(17-15-44)28-4-2-25(3-5-28)26-18-29-30(20-42-37(29)41-19-26)36(49)34-31(40)6-7-32(35(34)38)47(53(50)51)46-13-10-27(39)22-46/h2-7,18-20,24,27,53H,8-17,21-23H2,1H3,(H,41,42)/t27-/m1/s1. The highest BCUT2D eigenvalue weighted by molar-refractivity contribution is 7.74. The van der Waals surface area contributed by atoms with Gasteiger partial charge in [0.1, 0.15) is 17.6 Å². The van der Waals surface area contributed by atoms with Crippen LogP contribution in [0.5, 0.6) is 0 Å². The zero-order valence-corrected chi connectivity index (χ0v) is 31.0. The molecule has 282 valence electrons. The first-order chi connectivity index (χ1) is 25.6. The molecule has 0 bridgehead atoms. The van der Waals surface area contributed by atoms with Crippen LogP contribution < -0.4 is 9.31 Å². The fourth-order valence-corrected chi connectivity index (χ4v) is 8.69. The maximum Gasteiger partial charge on any atom is 0.319 e. The number of thiol groups is 1. The maximum absolute atomic E-state index is 15.3. The highest BCUT2D eigenvalue weighted by Crippen LogP contribution is 2.36. The monoisotopic (exact) mass is 769 g/mol. The number of nitrogens with one attached hydrogen (secondary N) is 1. The Kier molecular flexibility index (Phi) is 11.3. The highest BCUT2D eigenvalue weighted by atomic mass is 35.5. The molecule has 0 radical (unpaired) electrons. The lowest BCUT2D eigenvalue weighted by molar-refractivity contribution is -0.142. The number of ether oxygens (including phenoxy) is 1. The summed E-state index contributed by atoms with van der Waals surface area (Å²) in [5.74, 6) is -1.21. The van der Waals surface area contributed by atoms with Gasteiger partial charge in [0, 0.05) is 73.9 Å². The van der Waals surface area contributed by atoms with Crippen LogP contribution in [0.15, 0.2) is 54.9 Å². The van der Waals surface area contributed by atoms with Crippen LogP contribution in [-0.2, 0) is 20.4 Å². The number of piperazine rings is 1. The number of ketones is 1. The molecule has 1 N–H and O–H groups in total. The van der Waals surface area contributed by atoms with Crippen molar-refractivity contribution in [3.8, 4) is 11.1 Å². The number of aromatic amines is 1. The number of carbonyl (C=O) groups is 2. The number of fused-ring (bicyclic) bond motifs is 1. The Morgan fingerprint density at radius 2 is 1.72 bits per heavy atom. The van der Waals surface area contributed by atoms with E-state index in [2.05, 4.69) is 36.8 Å². The summed E-state index contributed by atoms with van der Waals surface area (Å²) in [6.45, 7) is 7.03. The van der Waals surface area contributed by atoms with E-state index in [1.165, 1.54) is 24.4 Å². The number of halogens is 3. The van der Waals surface area contributed by atoms with Crippen molar-refractivity contribution in [1.29, 1.82) is 0 Å². The summed E-state index contributed by atoms with van der Waals surface area (Å²) in [6.07, 6.45) is 4.22. The smallest absolute Gasteiger partial charge is 0.319 e. The number of nitrogens with zero attached hydrogens (tertiary/aromatic N) is 6. The first kappa shape index (κ1) is 37.2. The largest absolute Gasteiger partial charge is 0.468 e. The lowest BCUT2D eigenvalue weighted by atomic mass is 9.96. The van der Waals surface area contributed by atoms with E-state index in [9.17, 15) is 22.4 Å². The molecule has 16 heteroatoms. The molecular formula is C37H42ClF2N7O5S. The minimum atomic E-state index is -3.31. The molecule has 53 heavy (non-hydrogen) atoms. The number of aromatic nitrogens is 2. The Morgan fingerprint density at radius 3 is 2.38 bits per heavy atom. The summed E-state index contributed by atoms with van der Waals surface area (Å²) in [4.78, 5) is 40.1. The molecule has 7 rings (SSSR count). The highest BCUT2D eigenvalue weighted by Gasteiger charge is 2.32. The summed E-state index contributed by atoms with van der Waals surface area (Å²) in [7, 11) is -1.88. The number of H-pyrrole nitrogens is 1. The van der Waals surface area contributed by atoms with Crippen molar-refractivity contribution in [2.75, 3.05) is 81.9 Å². The van der Waals surface area contributed by atoms with Crippen LogP contribution in [-0.4, -0.2) is 124 Å². The second-order valence-electron chi connectivity index (χ2n) is 13.9. The minimum absolute atomic E-state index is 0.122. The molecule has 0 saturated carbocycles. The van der Waals surface area contributed by atoms with E-state index in [1.54, 1.807) is 6.20 Å². The number of methoxy groups -OCH3 is 1. The van der Waals surface area contributed by atoms with Gasteiger partial charge in [-0.3, -0.25) is 19.4 Å². The third-order valence-corrected chi connectivity index (χ3v) is 11.7. The quantitative estimate of drug-likeness (QED) is 0.128. The molecule has 0 unspecified atom stereocenters. The zero-order valence-electron chi connectivity index (χ0n) is 29.3. The SMILES string of the molecule is COC(=O)CN1CCC(CN2CCN(c3ccc(-c4cnc5[nH]cc(C(=O)c6c(F)ccc(N(N7CC[C@@H](F)C7)[SH](=O)=O)c6Cl)c5c4)cc3)CC2)CC1. The predicted molar refractivity (Wildman–Crippen MR) is 200 cm³/mol. The van der Waals surface area contributed by atoms with Crippen molar-refractivity contribution in [3.05, 3.63) is 76.8 Å². The van der Waals surface area contributed by atoms with Crippen LogP contribution in [0.4, 0.5) is 20.2 Å². The Bertz CT molecular complexity index is 2040. The van der Waals surface area contributed by atoms with Crippen LogP contribution >= 0.6 is 11.6 Å². The normalized spacial score (nSPS) is 19.3. The molecule has 0 aliphatic carbocycles. The molecule has 3 aliphatic rings. The number of piperidine rings is 1. The van der Waals surface area contributed by atoms with Gasteiger partial charge in [-0.15, -0.1) is 0 Å². The first-order valence-corrected chi connectivity index (χ1v) is 19.3. The van der Waals surface area contributed by atoms with E-state index in [4.69, 9.17) is 16.3 Å². The van der Waals surface area contributed by atoms with Crippen LogP contribution in [0, 0.1) is 11.7 Å². The Hall–Kier alpha value is -4.15. The third kappa shape index (κ3) is 8.04. The van der Waals surface area contributed by atoms with Gasteiger partial charge in [0.2, 0.25) is 10.9 Å². The topological polar surface area (TPSA) is 122 Å². The predicted octanol–water partition coefficient (Wildman–Crippen LogP) is 4.55. The second-order valence-corrected chi connectivity index (χ2v) is 15.1. The summed E-state index contributed by atoms with van der Waals surface area (Å²) >= 11 is 6.57. The number of alkyl halides is 1. The molecule has 5 heterocycles. The van der Waals surface area contributed by atoms with Gasteiger partial charge in [0.05, 0.1) is 36.5 Å². The number of esters is 1. The third-order valence-electron chi connectivity index (χ3n) is 10.6. The van der Waals surface area contributed by atoms with E-state index in [1.807, 2.05) is 18.2 Å². The number of anilines is 2. The van der Waals surface area contributed by atoms with E-state index >= 15 is 4.39 Å². The van der Waals surface area contributed by atoms with E-state index in [0.717, 1.165) is 85.9 Å². The number of hydrogen-bond acceptors (Lipinski definition) is 10. The van der Waals surface area contributed by atoms with Gasteiger partial charge in [-0.2, -0.15) is 0 Å². The van der Waals surface area contributed by atoms with Crippen molar-refractivity contribution in [2.24, 2.45) is 5.92 Å². The second kappa shape index (κ2) is 16.1. The Morgan fingerprint density at radius 1 is 0.981 bits per heavy atom. The van der Waals surface area contributed by atoms with Gasteiger partial charge in [0.15, 0.2) is 5.78 Å². The molecule has 0 amide bonds. The molecule has 4 aromatic rings. The number of pyridine rings is 1. The fraction of sp³-hybridized carbons (Fsp3) is 0.432. The summed E-state index contributed by atoms with van der Waals surface area (Å²) in [5, 5.41) is 1.35. The maximum atomic E-state index is 15.3. The molecule has 2 aromatic carbocycles. The molecule has 12 nitrogen and oxygen atoms in total. The van der Waals surface area contributed by atoms with Gasteiger partial charge < -0.3 is 14.6 Å². The van der Waals surface area contributed by atoms with E-state index in [-0.39, 0.29) is 41.8 Å². The molecule has 3 saturated heterocycles. The molecule has 1 atom stereocenters. The summed E-state index contributed by atoms with van der Waals surface area (Å²) < 4.78 is 59.4. The van der Waals surface area contributed by atoms with Crippen molar-refractivity contribution in [3.63, 3.8) is 0 Å². The average Bonchev–Trinajstić information content (AvgIpc) is 3.79. The molecule has 2 aromatic heterocycles. The molecule has 0 spiro atoms. The van der Waals surface area contributed by atoms with Crippen LogP contribution in [0.1, 0.15) is 35.2 Å². The van der Waals surface area contributed by atoms with Crippen LogP contribution in [0.3, 0.4) is 0 Å². The number of rotatable bonds is 11. The Labute approximate surface area is 313 Å². The van der Waals surface area contributed by atoms with Gasteiger partial charge in [0.25, 0.3) is 0 Å². The van der Waals surface area contributed by atoms with Gasteiger partial charge in [-0.25, -0.2) is 31.6 Å². The fourth-order valence-electron chi connectivity index (χ4n) is 7.60. The Balaban J connectivity index is 1.02. The minimum Gasteiger partial charge on any atom is -0.468 e.